The van der Waals surface area contributed by atoms with Crippen LogP contribution in [0.1, 0.15) is 21.7 Å². The summed E-state index contributed by atoms with van der Waals surface area (Å²) in [6.07, 6.45) is 0.801. The Bertz CT molecular complexity index is 938. The number of benzene rings is 2. The van der Waals surface area contributed by atoms with Crippen molar-refractivity contribution in [3.63, 3.8) is 0 Å². The Morgan fingerprint density at radius 3 is 2.64 bits per heavy atom. The second-order valence-corrected chi connectivity index (χ2v) is 6.27. The van der Waals surface area contributed by atoms with Crippen LogP contribution in [0.3, 0.4) is 0 Å². The predicted molar refractivity (Wildman–Crippen MR) is 97.7 cm³/mol. The summed E-state index contributed by atoms with van der Waals surface area (Å²) in [5, 5.41) is 5.38. The molecule has 0 saturated carbocycles. The molecule has 3 aromatic rings. The van der Waals surface area contributed by atoms with Crippen molar-refractivity contribution in [1.82, 2.24) is 14.8 Å². The van der Waals surface area contributed by atoms with Crippen molar-refractivity contribution in [3.05, 3.63) is 63.4 Å². The zero-order chi connectivity index (χ0) is 18.0. The Morgan fingerprint density at radius 1 is 1.16 bits per heavy atom. The fourth-order valence-electron chi connectivity index (χ4n) is 2.57. The molecule has 0 amide bonds. The average molecular weight is 376 g/mol. The maximum Gasteiger partial charge on any atom is 0.158 e. The highest BCUT2D eigenvalue weighted by Gasteiger charge is 2.14. The monoisotopic (exact) mass is 375 g/mol. The van der Waals surface area contributed by atoms with E-state index in [0.29, 0.717) is 39.6 Å². The lowest BCUT2D eigenvalue weighted by Gasteiger charge is -2.11. The summed E-state index contributed by atoms with van der Waals surface area (Å²) in [6, 6.07) is 10.6. The van der Waals surface area contributed by atoms with Gasteiger partial charge < -0.3 is 4.74 Å². The van der Waals surface area contributed by atoms with Crippen LogP contribution in [0, 0.1) is 6.92 Å². The number of rotatable bonds is 5. The first-order valence-electron chi connectivity index (χ1n) is 7.50. The number of methoxy groups -OCH3 is 1. The summed E-state index contributed by atoms with van der Waals surface area (Å²) >= 11 is 12.1. The van der Waals surface area contributed by atoms with Crippen LogP contribution in [0.4, 0.5) is 0 Å². The molecule has 0 aliphatic rings. The maximum atomic E-state index is 11.1. The number of hydrogen-bond donors (Lipinski definition) is 0. The van der Waals surface area contributed by atoms with E-state index in [2.05, 4.69) is 10.1 Å². The summed E-state index contributed by atoms with van der Waals surface area (Å²) in [7, 11) is 1.59. The van der Waals surface area contributed by atoms with Crippen molar-refractivity contribution in [2.75, 3.05) is 7.11 Å². The summed E-state index contributed by atoms with van der Waals surface area (Å²) < 4.78 is 7.14. The lowest BCUT2D eigenvalue weighted by Crippen LogP contribution is -2.06. The molecule has 0 radical (unpaired) electrons. The van der Waals surface area contributed by atoms with E-state index in [0.717, 1.165) is 17.4 Å². The van der Waals surface area contributed by atoms with E-state index in [-0.39, 0.29) is 0 Å². The highest BCUT2D eigenvalue weighted by Crippen LogP contribution is 2.29. The van der Waals surface area contributed by atoms with Gasteiger partial charge in [-0.3, -0.25) is 4.79 Å². The molecule has 0 saturated heterocycles. The number of carbonyl (C=O) groups is 1. The Morgan fingerprint density at radius 2 is 1.96 bits per heavy atom. The molecule has 25 heavy (non-hydrogen) atoms. The molecule has 1 heterocycles. The van der Waals surface area contributed by atoms with Crippen molar-refractivity contribution in [3.8, 4) is 17.1 Å². The number of halogens is 2. The second-order valence-electron chi connectivity index (χ2n) is 5.46. The van der Waals surface area contributed by atoms with Crippen LogP contribution in [-0.2, 0) is 6.54 Å². The van der Waals surface area contributed by atoms with Crippen LogP contribution in [0.15, 0.2) is 36.4 Å². The summed E-state index contributed by atoms with van der Waals surface area (Å²) in [4.78, 5) is 15.6. The van der Waals surface area contributed by atoms with E-state index in [1.54, 1.807) is 42.1 Å². The molecular weight excluding hydrogens is 361 g/mol. The van der Waals surface area contributed by atoms with Gasteiger partial charge in [0, 0.05) is 16.7 Å². The predicted octanol–water partition coefficient (Wildman–Crippen LogP) is 4.43. The van der Waals surface area contributed by atoms with Crippen LogP contribution in [0.25, 0.3) is 11.4 Å². The van der Waals surface area contributed by atoms with Gasteiger partial charge in [-0.2, -0.15) is 5.10 Å². The first kappa shape index (κ1) is 17.5. The topological polar surface area (TPSA) is 57.0 Å². The lowest BCUT2D eigenvalue weighted by atomic mass is 10.1. The van der Waals surface area contributed by atoms with E-state index < -0.39 is 0 Å². The van der Waals surface area contributed by atoms with E-state index in [1.807, 2.05) is 13.0 Å². The standard InChI is InChI=1S/C18H15Cl2N3O2/c1-11-21-18(13-4-5-15(19)16(20)8-13)23(22-11)9-14-7-12(10-24)3-6-17(14)25-2/h3-8,10H,9H2,1-2H3. The molecule has 0 bridgehead atoms. The first-order valence-corrected chi connectivity index (χ1v) is 8.26. The molecule has 0 unspecified atom stereocenters. The molecule has 7 heteroatoms. The van der Waals surface area contributed by atoms with E-state index >= 15 is 0 Å². The molecule has 0 fully saturated rings. The van der Waals surface area contributed by atoms with Gasteiger partial charge in [-0.1, -0.05) is 23.2 Å². The van der Waals surface area contributed by atoms with E-state index in [9.17, 15) is 4.79 Å². The van der Waals surface area contributed by atoms with Crippen molar-refractivity contribution >= 4 is 29.5 Å². The molecule has 0 atom stereocenters. The highest BCUT2D eigenvalue weighted by molar-refractivity contribution is 6.42. The lowest BCUT2D eigenvalue weighted by molar-refractivity contribution is 0.112. The molecule has 5 nitrogen and oxygen atoms in total. The highest BCUT2D eigenvalue weighted by atomic mass is 35.5. The third-order valence-electron chi connectivity index (χ3n) is 3.72. The second kappa shape index (κ2) is 7.25. The largest absolute Gasteiger partial charge is 0.496 e. The number of nitrogens with zero attached hydrogens (tertiary/aromatic N) is 3. The van der Waals surface area contributed by atoms with Gasteiger partial charge in [0.1, 0.15) is 17.9 Å². The van der Waals surface area contributed by atoms with Crippen LogP contribution in [0.5, 0.6) is 5.75 Å². The van der Waals surface area contributed by atoms with Crippen LogP contribution in [-0.4, -0.2) is 28.2 Å². The third kappa shape index (κ3) is 3.67. The third-order valence-corrected chi connectivity index (χ3v) is 4.46. The number of ether oxygens (including phenoxy) is 1. The summed E-state index contributed by atoms with van der Waals surface area (Å²) in [6.45, 7) is 2.22. The summed E-state index contributed by atoms with van der Waals surface area (Å²) in [5.41, 5.74) is 2.21. The van der Waals surface area contributed by atoms with Gasteiger partial charge in [0.05, 0.1) is 23.7 Å². The van der Waals surface area contributed by atoms with Gasteiger partial charge in [0.25, 0.3) is 0 Å². The van der Waals surface area contributed by atoms with Crippen LogP contribution in [0.2, 0.25) is 10.0 Å². The van der Waals surface area contributed by atoms with Crippen LogP contribution < -0.4 is 4.74 Å². The normalized spacial score (nSPS) is 10.7. The van der Waals surface area contributed by atoms with Gasteiger partial charge in [0.15, 0.2) is 5.82 Å². The average Bonchev–Trinajstić information content (AvgIpc) is 2.97. The van der Waals surface area contributed by atoms with Gasteiger partial charge in [-0.15, -0.1) is 0 Å². The molecular formula is C18H15Cl2N3O2. The molecule has 3 rings (SSSR count). The first-order chi connectivity index (χ1) is 12.0. The smallest absolute Gasteiger partial charge is 0.158 e. The van der Waals surface area contributed by atoms with Gasteiger partial charge in [-0.25, -0.2) is 9.67 Å². The zero-order valence-corrected chi connectivity index (χ0v) is 15.2. The van der Waals surface area contributed by atoms with E-state index in [4.69, 9.17) is 27.9 Å². The number of aldehydes is 1. The number of carbonyl (C=O) groups excluding carboxylic acids is 1. The molecule has 0 spiro atoms. The number of hydrogen-bond acceptors (Lipinski definition) is 4. The number of aryl methyl sites for hydroxylation is 1. The molecule has 2 aromatic carbocycles. The van der Waals surface area contributed by atoms with Gasteiger partial charge in [0.2, 0.25) is 0 Å². The number of aromatic nitrogens is 3. The van der Waals surface area contributed by atoms with Crippen molar-refractivity contribution in [1.29, 1.82) is 0 Å². The SMILES string of the molecule is COc1ccc(C=O)cc1Cn1nc(C)nc1-c1ccc(Cl)c(Cl)c1. The van der Waals surface area contributed by atoms with Crippen molar-refractivity contribution in [2.45, 2.75) is 13.5 Å². The fourth-order valence-corrected chi connectivity index (χ4v) is 2.87. The molecule has 0 N–H and O–H groups in total. The van der Waals surface area contributed by atoms with E-state index in [1.165, 1.54) is 0 Å². The molecule has 0 aliphatic heterocycles. The Kier molecular flexibility index (Phi) is 5.06. The Balaban J connectivity index is 2.05. The van der Waals surface area contributed by atoms with Gasteiger partial charge in [-0.05, 0) is 43.3 Å². The quantitative estimate of drug-likeness (QED) is 0.618. The fraction of sp³-hybridized carbons (Fsp3) is 0.167. The zero-order valence-electron chi connectivity index (χ0n) is 13.7. The van der Waals surface area contributed by atoms with Gasteiger partial charge >= 0.3 is 0 Å². The van der Waals surface area contributed by atoms with Crippen LogP contribution >= 0.6 is 23.2 Å². The molecule has 0 aliphatic carbocycles. The Hall–Kier alpha value is -2.37. The Labute approximate surface area is 155 Å². The molecule has 128 valence electrons. The van der Waals surface area contributed by atoms with Crippen molar-refractivity contribution < 1.29 is 9.53 Å². The van der Waals surface area contributed by atoms with Crippen molar-refractivity contribution in [2.24, 2.45) is 0 Å². The minimum Gasteiger partial charge on any atom is -0.496 e. The maximum absolute atomic E-state index is 11.1. The minimum atomic E-state index is 0.404. The minimum absolute atomic E-state index is 0.404. The molecule has 1 aromatic heterocycles. The summed E-state index contributed by atoms with van der Waals surface area (Å²) in [5.74, 6) is 1.97.